The van der Waals surface area contributed by atoms with Crippen LogP contribution in [-0.2, 0) is 0 Å². The number of hydrogen-bond acceptors (Lipinski definition) is 5. The number of benzene rings is 1. The molecule has 3 heterocycles. The predicted molar refractivity (Wildman–Crippen MR) is 90.7 cm³/mol. The summed E-state index contributed by atoms with van der Waals surface area (Å²) in [6.45, 7) is 6.67. The maximum Gasteiger partial charge on any atom is 0.139 e. The fourth-order valence-corrected chi connectivity index (χ4v) is 3.47. The number of likely N-dealkylation sites (N-methyl/N-ethyl adjacent to an activating group) is 1. The second kappa shape index (κ2) is 5.72. The van der Waals surface area contributed by atoms with Crippen LogP contribution in [0.1, 0.15) is 12.8 Å². The van der Waals surface area contributed by atoms with Gasteiger partial charge in [0.1, 0.15) is 12.1 Å². The zero-order valence-electron chi connectivity index (χ0n) is 13.2. The van der Waals surface area contributed by atoms with E-state index < -0.39 is 0 Å². The number of rotatable bonds is 2. The van der Waals surface area contributed by atoms with E-state index in [9.17, 15) is 0 Å². The van der Waals surface area contributed by atoms with Crippen molar-refractivity contribution in [2.45, 2.75) is 12.8 Å². The summed E-state index contributed by atoms with van der Waals surface area (Å²) in [4.78, 5) is 16.3. The zero-order valence-corrected chi connectivity index (χ0v) is 13.2. The standard InChI is InChI=1S/C17H23N5/c1-20-8-10-21(11-9-20)14-4-5-16-15(12-14)17(19-13-18-16)22-6-2-3-7-22/h4-5,12-13H,2-3,6-11H2,1H3. The Morgan fingerprint density at radius 2 is 1.64 bits per heavy atom. The number of anilines is 2. The molecule has 2 saturated heterocycles. The Morgan fingerprint density at radius 3 is 2.41 bits per heavy atom. The third-order valence-electron chi connectivity index (χ3n) is 4.87. The lowest BCUT2D eigenvalue weighted by molar-refractivity contribution is 0.313. The summed E-state index contributed by atoms with van der Waals surface area (Å²) in [7, 11) is 2.19. The smallest absolute Gasteiger partial charge is 0.139 e. The van der Waals surface area contributed by atoms with Gasteiger partial charge in [-0.15, -0.1) is 0 Å². The molecule has 0 amide bonds. The maximum absolute atomic E-state index is 4.58. The van der Waals surface area contributed by atoms with Gasteiger partial charge in [-0.25, -0.2) is 9.97 Å². The molecule has 2 aromatic rings. The molecule has 116 valence electrons. The Kier molecular flexibility index (Phi) is 3.58. The highest BCUT2D eigenvalue weighted by atomic mass is 15.2. The van der Waals surface area contributed by atoms with E-state index in [0.717, 1.165) is 50.6 Å². The zero-order chi connectivity index (χ0) is 14.9. The molecule has 0 spiro atoms. The lowest BCUT2D eigenvalue weighted by Crippen LogP contribution is -2.44. The Morgan fingerprint density at radius 1 is 0.864 bits per heavy atom. The van der Waals surface area contributed by atoms with E-state index in [4.69, 9.17) is 0 Å². The Hall–Kier alpha value is -1.88. The lowest BCUT2D eigenvalue weighted by Gasteiger charge is -2.34. The summed E-state index contributed by atoms with van der Waals surface area (Å²) in [5.74, 6) is 1.11. The van der Waals surface area contributed by atoms with Gasteiger partial charge in [0, 0.05) is 50.3 Å². The van der Waals surface area contributed by atoms with Crippen LogP contribution in [0.2, 0.25) is 0 Å². The molecule has 0 radical (unpaired) electrons. The van der Waals surface area contributed by atoms with E-state index in [0.29, 0.717) is 0 Å². The summed E-state index contributed by atoms with van der Waals surface area (Å²) >= 11 is 0. The Bertz CT molecular complexity index is 657. The minimum Gasteiger partial charge on any atom is -0.369 e. The number of fused-ring (bicyclic) bond motifs is 1. The SMILES string of the molecule is CN1CCN(c2ccc3ncnc(N4CCCC4)c3c2)CC1. The van der Waals surface area contributed by atoms with Crippen LogP contribution in [0.5, 0.6) is 0 Å². The summed E-state index contributed by atoms with van der Waals surface area (Å²) < 4.78 is 0. The van der Waals surface area contributed by atoms with Crippen molar-refractivity contribution in [2.24, 2.45) is 0 Å². The average Bonchev–Trinajstić information content (AvgIpc) is 3.09. The highest BCUT2D eigenvalue weighted by Crippen LogP contribution is 2.29. The first-order chi connectivity index (χ1) is 10.8. The minimum absolute atomic E-state index is 1.05. The maximum atomic E-state index is 4.58. The molecule has 1 aromatic heterocycles. The van der Waals surface area contributed by atoms with Gasteiger partial charge in [0.2, 0.25) is 0 Å². The Labute approximate surface area is 131 Å². The monoisotopic (exact) mass is 297 g/mol. The van der Waals surface area contributed by atoms with Crippen LogP contribution in [0, 0.1) is 0 Å². The molecule has 0 N–H and O–H groups in total. The predicted octanol–water partition coefficient (Wildman–Crippen LogP) is 1.98. The van der Waals surface area contributed by atoms with Gasteiger partial charge in [0.15, 0.2) is 0 Å². The lowest BCUT2D eigenvalue weighted by atomic mass is 10.1. The van der Waals surface area contributed by atoms with Crippen LogP contribution >= 0.6 is 0 Å². The van der Waals surface area contributed by atoms with Crippen molar-refractivity contribution in [2.75, 3.05) is 56.1 Å². The molecular formula is C17H23N5. The molecule has 5 nitrogen and oxygen atoms in total. The van der Waals surface area contributed by atoms with E-state index in [1.54, 1.807) is 6.33 Å². The highest BCUT2D eigenvalue weighted by Gasteiger charge is 2.19. The molecule has 0 bridgehead atoms. The largest absolute Gasteiger partial charge is 0.369 e. The number of nitrogens with zero attached hydrogens (tertiary/aromatic N) is 5. The van der Waals surface area contributed by atoms with Gasteiger partial charge >= 0.3 is 0 Å². The third kappa shape index (κ3) is 2.50. The first-order valence-electron chi connectivity index (χ1n) is 8.24. The van der Waals surface area contributed by atoms with Crippen molar-refractivity contribution in [1.82, 2.24) is 14.9 Å². The van der Waals surface area contributed by atoms with Crippen molar-refractivity contribution >= 4 is 22.4 Å². The van der Waals surface area contributed by atoms with E-state index in [1.807, 2.05) is 0 Å². The number of aromatic nitrogens is 2. The first-order valence-corrected chi connectivity index (χ1v) is 8.24. The quantitative estimate of drug-likeness (QED) is 0.847. The van der Waals surface area contributed by atoms with Gasteiger partial charge in [-0.05, 0) is 38.1 Å². The van der Waals surface area contributed by atoms with E-state index in [-0.39, 0.29) is 0 Å². The third-order valence-corrected chi connectivity index (χ3v) is 4.87. The van der Waals surface area contributed by atoms with E-state index >= 15 is 0 Å². The van der Waals surface area contributed by atoms with Gasteiger partial charge in [-0.3, -0.25) is 0 Å². The minimum atomic E-state index is 1.05. The molecule has 2 fully saturated rings. The molecule has 2 aliphatic rings. The normalized spacial score (nSPS) is 20.0. The molecule has 0 aliphatic carbocycles. The molecule has 22 heavy (non-hydrogen) atoms. The highest BCUT2D eigenvalue weighted by molar-refractivity contribution is 5.92. The van der Waals surface area contributed by atoms with Crippen molar-refractivity contribution in [3.05, 3.63) is 24.5 Å². The number of hydrogen-bond donors (Lipinski definition) is 0. The Balaban J connectivity index is 1.71. The fraction of sp³-hybridized carbons (Fsp3) is 0.529. The average molecular weight is 297 g/mol. The van der Waals surface area contributed by atoms with Crippen molar-refractivity contribution in [3.8, 4) is 0 Å². The summed E-state index contributed by atoms with van der Waals surface area (Å²) in [5, 5.41) is 1.20. The van der Waals surface area contributed by atoms with E-state index in [1.165, 1.54) is 23.9 Å². The summed E-state index contributed by atoms with van der Waals surface area (Å²) in [6, 6.07) is 6.63. The second-order valence-corrected chi connectivity index (χ2v) is 6.38. The molecule has 5 heteroatoms. The van der Waals surface area contributed by atoms with Crippen LogP contribution in [0.15, 0.2) is 24.5 Å². The topological polar surface area (TPSA) is 35.5 Å². The van der Waals surface area contributed by atoms with Gasteiger partial charge < -0.3 is 14.7 Å². The van der Waals surface area contributed by atoms with Crippen molar-refractivity contribution in [1.29, 1.82) is 0 Å². The molecule has 0 saturated carbocycles. The fourth-order valence-electron chi connectivity index (χ4n) is 3.47. The molecule has 2 aliphatic heterocycles. The molecular weight excluding hydrogens is 274 g/mol. The van der Waals surface area contributed by atoms with Crippen molar-refractivity contribution < 1.29 is 0 Å². The van der Waals surface area contributed by atoms with Crippen LogP contribution < -0.4 is 9.80 Å². The van der Waals surface area contributed by atoms with E-state index in [2.05, 4.69) is 49.9 Å². The van der Waals surface area contributed by atoms with Crippen LogP contribution in [0.25, 0.3) is 10.9 Å². The van der Waals surface area contributed by atoms with Crippen LogP contribution in [-0.4, -0.2) is 61.2 Å². The summed E-state index contributed by atoms with van der Waals surface area (Å²) in [5.41, 5.74) is 2.35. The number of piperazine rings is 1. The van der Waals surface area contributed by atoms with Gasteiger partial charge in [-0.1, -0.05) is 0 Å². The van der Waals surface area contributed by atoms with Gasteiger partial charge in [0.25, 0.3) is 0 Å². The van der Waals surface area contributed by atoms with Crippen molar-refractivity contribution in [3.63, 3.8) is 0 Å². The molecule has 1 aromatic carbocycles. The van der Waals surface area contributed by atoms with Crippen LogP contribution in [0.3, 0.4) is 0 Å². The molecule has 0 atom stereocenters. The van der Waals surface area contributed by atoms with Gasteiger partial charge in [-0.2, -0.15) is 0 Å². The van der Waals surface area contributed by atoms with Crippen LogP contribution in [0.4, 0.5) is 11.5 Å². The first kappa shape index (κ1) is 13.8. The summed E-state index contributed by atoms with van der Waals surface area (Å²) in [6.07, 6.45) is 4.23. The molecule has 4 rings (SSSR count). The van der Waals surface area contributed by atoms with Gasteiger partial charge in [0.05, 0.1) is 5.52 Å². The molecule has 0 unspecified atom stereocenters. The second-order valence-electron chi connectivity index (χ2n) is 6.38.